The van der Waals surface area contributed by atoms with E-state index in [0.717, 1.165) is 32.1 Å². The number of unbranched alkanes of at least 4 members (excludes halogenated alkanes) is 5. The van der Waals surface area contributed by atoms with Crippen LogP contribution in [0.1, 0.15) is 127 Å². The van der Waals surface area contributed by atoms with Gasteiger partial charge in [-0.05, 0) is 74.1 Å². The first-order valence-corrected chi connectivity index (χ1v) is 17.8. The molecule has 3 unspecified atom stereocenters. The first kappa shape index (κ1) is 45.6. The molecular weight excluding hydrogens is 616 g/mol. The third kappa shape index (κ3) is 15.3. The topological polar surface area (TPSA) is 147 Å². The van der Waals surface area contributed by atoms with Crippen LogP contribution in [0.5, 0.6) is 0 Å². The van der Waals surface area contributed by atoms with E-state index in [1.165, 1.54) is 0 Å². The third-order valence-electron chi connectivity index (χ3n) is 6.99. The monoisotopic (exact) mass is 682 g/mol. The van der Waals surface area contributed by atoms with Crippen molar-refractivity contribution in [3.05, 3.63) is 0 Å². The molecule has 0 aliphatic carbocycles. The third-order valence-corrected chi connectivity index (χ3v) is 6.99. The Labute approximate surface area is 283 Å². The number of rotatable bonds is 33. The summed E-state index contributed by atoms with van der Waals surface area (Å²) in [6.45, 7) is 18.0. The number of carboxylic acids is 1. The molecule has 1 N–H and O–H groups in total. The summed E-state index contributed by atoms with van der Waals surface area (Å²) in [5, 5.41) is 9.06. The van der Waals surface area contributed by atoms with E-state index in [1.807, 2.05) is 20.8 Å². The van der Waals surface area contributed by atoms with Crippen LogP contribution in [0.4, 0.5) is 0 Å². The van der Waals surface area contributed by atoms with E-state index in [2.05, 4.69) is 13.8 Å². The van der Waals surface area contributed by atoms with Crippen LogP contribution in [0, 0.1) is 0 Å². The molecular formula is C34H66O13. The zero-order valence-corrected chi connectivity index (χ0v) is 30.7. The highest BCUT2D eigenvalue weighted by atomic mass is 17.0. The molecule has 0 fully saturated rings. The molecule has 0 spiro atoms. The van der Waals surface area contributed by atoms with Gasteiger partial charge in [-0.1, -0.05) is 39.5 Å². The van der Waals surface area contributed by atoms with Crippen LogP contribution in [0.2, 0.25) is 0 Å². The van der Waals surface area contributed by atoms with Crippen molar-refractivity contribution in [3.63, 3.8) is 0 Å². The van der Waals surface area contributed by atoms with E-state index in [0.29, 0.717) is 13.0 Å². The summed E-state index contributed by atoms with van der Waals surface area (Å²) in [5.41, 5.74) is 0. The summed E-state index contributed by atoms with van der Waals surface area (Å²) in [5.74, 6) is -7.93. The van der Waals surface area contributed by atoms with Crippen molar-refractivity contribution >= 4 is 11.9 Å². The van der Waals surface area contributed by atoms with E-state index >= 15 is 0 Å². The van der Waals surface area contributed by atoms with Crippen LogP contribution in [0.15, 0.2) is 0 Å². The van der Waals surface area contributed by atoms with Crippen LogP contribution in [-0.2, 0) is 57.0 Å². The van der Waals surface area contributed by atoms with Gasteiger partial charge < -0.3 is 52.5 Å². The molecule has 280 valence electrons. The zero-order valence-electron chi connectivity index (χ0n) is 30.7. The Morgan fingerprint density at radius 1 is 0.574 bits per heavy atom. The molecule has 0 aliphatic heterocycles. The van der Waals surface area contributed by atoms with Gasteiger partial charge in [0.1, 0.15) is 6.10 Å². The van der Waals surface area contributed by atoms with E-state index in [9.17, 15) is 9.59 Å². The maximum absolute atomic E-state index is 13.5. The molecule has 0 aromatic rings. The average molecular weight is 683 g/mol. The maximum atomic E-state index is 13.5. The van der Waals surface area contributed by atoms with Gasteiger partial charge in [0.2, 0.25) is 12.1 Å². The highest BCUT2D eigenvalue weighted by molar-refractivity contribution is 5.70. The summed E-state index contributed by atoms with van der Waals surface area (Å²) >= 11 is 0. The Balaban J connectivity index is 7.17. The maximum Gasteiger partial charge on any atom is 0.417 e. The van der Waals surface area contributed by atoms with E-state index < -0.39 is 42.1 Å². The molecule has 0 bridgehead atoms. The Bertz CT molecular complexity index is 784. The lowest BCUT2D eigenvalue weighted by Gasteiger charge is -2.49. The summed E-state index contributed by atoms with van der Waals surface area (Å²) in [6.07, 6.45) is 3.47. The van der Waals surface area contributed by atoms with Crippen LogP contribution in [0.25, 0.3) is 0 Å². The quantitative estimate of drug-likeness (QED) is 0.0454. The zero-order chi connectivity index (χ0) is 35.6. The van der Waals surface area contributed by atoms with Crippen molar-refractivity contribution in [2.45, 2.75) is 157 Å². The van der Waals surface area contributed by atoms with Crippen LogP contribution in [0.3, 0.4) is 0 Å². The van der Waals surface area contributed by atoms with Crippen LogP contribution in [-0.4, -0.2) is 100 Å². The Kier molecular flexibility index (Phi) is 25.6. The fourth-order valence-electron chi connectivity index (χ4n) is 4.92. The first-order chi connectivity index (χ1) is 22.6. The van der Waals surface area contributed by atoms with Crippen molar-refractivity contribution in [1.82, 2.24) is 0 Å². The number of aliphatic carboxylic acids is 1. The van der Waals surface area contributed by atoms with Gasteiger partial charge in [-0.2, -0.15) is 0 Å². The number of hydrogen-bond acceptors (Lipinski definition) is 12. The van der Waals surface area contributed by atoms with Gasteiger partial charge in [0, 0.05) is 52.5 Å². The molecule has 47 heavy (non-hydrogen) atoms. The molecule has 0 aromatic carbocycles. The minimum absolute atomic E-state index is 0.00207. The molecule has 0 radical (unpaired) electrons. The fourth-order valence-corrected chi connectivity index (χ4v) is 4.92. The van der Waals surface area contributed by atoms with Gasteiger partial charge in [0.25, 0.3) is 0 Å². The fraction of sp³-hybridized carbons (Fsp3) is 0.941. The van der Waals surface area contributed by atoms with Gasteiger partial charge in [0.15, 0.2) is 0 Å². The lowest BCUT2D eigenvalue weighted by molar-refractivity contribution is -0.564. The van der Waals surface area contributed by atoms with Crippen molar-refractivity contribution in [3.8, 4) is 0 Å². The second-order valence-corrected chi connectivity index (χ2v) is 10.8. The molecule has 0 heterocycles. The van der Waals surface area contributed by atoms with Crippen molar-refractivity contribution in [2.75, 3.05) is 52.9 Å². The standard InChI is InChI=1S/C34H66O13/c1-10-18-22-26-39-31(38-12-3)32(40-13-4,41-14-5)28(9)46-34(44-17-8,47-30(37)25-21-20-24-29(35)36)33(42-15-6,43-16-7)45-27-23-19-11-2/h28,31H,10-27H2,1-9H3,(H,35,36). The summed E-state index contributed by atoms with van der Waals surface area (Å²) < 4.78 is 62.6. The number of carbonyl (C=O) groups is 2. The van der Waals surface area contributed by atoms with Crippen LogP contribution >= 0.6 is 0 Å². The second-order valence-electron chi connectivity index (χ2n) is 10.8. The van der Waals surface area contributed by atoms with Crippen molar-refractivity contribution < 1.29 is 62.1 Å². The van der Waals surface area contributed by atoms with Gasteiger partial charge in [-0.15, -0.1) is 0 Å². The molecule has 0 aromatic heterocycles. The summed E-state index contributed by atoms with van der Waals surface area (Å²) in [7, 11) is 0. The van der Waals surface area contributed by atoms with E-state index in [-0.39, 0.29) is 71.9 Å². The van der Waals surface area contributed by atoms with Gasteiger partial charge in [-0.25, -0.2) is 0 Å². The lowest BCUT2D eigenvalue weighted by atomic mass is 10.1. The predicted octanol–water partition coefficient (Wildman–Crippen LogP) is 6.54. The summed E-state index contributed by atoms with van der Waals surface area (Å²) in [4.78, 5) is 24.6. The highest BCUT2D eigenvalue weighted by Crippen LogP contribution is 2.41. The van der Waals surface area contributed by atoms with E-state index in [1.54, 1.807) is 27.7 Å². The second kappa shape index (κ2) is 26.4. The minimum atomic E-state index is -2.43. The summed E-state index contributed by atoms with van der Waals surface area (Å²) in [6, 6.07) is 0. The van der Waals surface area contributed by atoms with Gasteiger partial charge in [0.05, 0.1) is 13.2 Å². The lowest BCUT2D eigenvalue weighted by Crippen LogP contribution is -2.69. The normalized spacial score (nSPS) is 14.9. The molecule has 13 heteroatoms. The van der Waals surface area contributed by atoms with Gasteiger partial charge >= 0.3 is 23.9 Å². The number of esters is 1. The molecule has 0 saturated heterocycles. The highest BCUT2D eigenvalue weighted by Gasteiger charge is 2.66. The minimum Gasteiger partial charge on any atom is -0.481 e. The predicted molar refractivity (Wildman–Crippen MR) is 175 cm³/mol. The SMILES string of the molecule is CCCCCOC(OCC)C(OCC)(OCC)C(C)OC(OCC)(OC(=O)CCCCC(=O)O)C(OCC)(OCC)OCCCCC. The Morgan fingerprint density at radius 2 is 1.09 bits per heavy atom. The molecule has 0 saturated carbocycles. The van der Waals surface area contributed by atoms with Crippen LogP contribution < -0.4 is 0 Å². The molecule has 0 rings (SSSR count). The Morgan fingerprint density at radius 3 is 1.57 bits per heavy atom. The number of hydrogen-bond donors (Lipinski definition) is 1. The smallest absolute Gasteiger partial charge is 0.417 e. The van der Waals surface area contributed by atoms with Crippen molar-refractivity contribution in [2.24, 2.45) is 0 Å². The van der Waals surface area contributed by atoms with E-state index in [4.69, 9.17) is 52.5 Å². The largest absolute Gasteiger partial charge is 0.481 e. The molecule has 0 aliphatic rings. The number of carboxylic acid groups (broad SMARTS) is 1. The van der Waals surface area contributed by atoms with Crippen molar-refractivity contribution in [1.29, 1.82) is 0 Å². The average Bonchev–Trinajstić information content (AvgIpc) is 3.02. The van der Waals surface area contributed by atoms with Gasteiger partial charge in [-0.3, -0.25) is 9.59 Å². The number of carbonyl (C=O) groups excluding carboxylic acids is 1. The number of ether oxygens (including phenoxy) is 10. The Hall–Kier alpha value is -1.42. The molecule has 0 amide bonds. The first-order valence-electron chi connectivity index (χ1n) is 17.8. The molecule has 3 atom stereocenters. The molecule has 13 nitrogen and oxygen atoms in total.